The lowest BCUT2D eigenvalue weighted by Crippen LogP contribution is -2.89. The van der Waals surface area contributed by atoms with Crippen molar-refractivity contribution in [1.29, 1.82) is 0 Å². The molecule has 14 nitrogen and oxygen atoms in total. The molecule has 0 aromatic heterocycles. The highest BCUT2D eigenvalue weighted by atomic mass is 17.2. The molecule has 0 radical (unpaired) electrons. The lowest BCUT2D eigenvalue weighted by atomic mass is 9.96. The summed E-state index contributed by atoms with van der Waals surface area (Å²) in [5.74, 6) is -0.173. The normalized spacial score (nSPS) is 44.2. The standard InChI is InChI=1S/C15H27NO13/c1-5(28-23)16-8-10(19)13(6(3-17)25-14(8)22)27-15-12(21)11(20)9(18)7(26-15)4-29(2)24/h6-15,17-22,24H,3-4H2,1-2H3/p+2/t6-,7-,8-,9+,10-,11+,12-,13-,14-,15+/m1/s1. The average Bonchev–Trinajstić information content (AvgIpc) is 2.67. The second-order valence-corrected chi connectivity index (χ2v) is 6.94. The first-order valence-electron chi connectivity index (χ1n) is 8.81. The molecule has 0 aromatic rings. The van der Waals surface area contributed by atoms with Crippen LogP contribution in [0.1, 0.15) is 6.92 Å². The Bertz CT molecular complexity index is 548. The van der Waals surface area contributed by atoms with Crippen LogP contribution in [0.3, 0.4) is 0 Å². The van der Waals surface area contributed by atoms with E-state index in [0.29, 0.717) is 0 Å². The lowest BCUT2D eigenvalue weighted by Gasteiger charge is -2.44. The predicted octanol–water partition coefficient (Wildman–Crippen LogP) is -5.74. The topological polar surface area (TPSA) is 215 Å². The minimum atomic E-state index is -1.74. The van der Waals surface area contributed by atoms with Crippen molar-refractivity contribution in [3.63, 3.8) is 0 Å². The van der Waals surface area contributed by atoms with Crippen LogP contribution >= 0.6 is 0 Å². The smallest absolute Gasteiger partial charge is 0.365 e. The molecular formula is C15H29NO13+2. The Morgan fingerprint density at radius 3 is 2.21 bits per heavy atom. The SMILES string of the molecule is CC(=[NH+][C@@H]1[C@@H](O)[C@H](O[C@@H]2O[C@H](C[O+](C)O)[C@H](O)[C@H](O)[C@H]2O)[C@@H](CO)O[C@H]1O)OO. The summed E-state index contributed by atoms with van der Waals surface area (Å²) in [6, 6.07) is -1.26. The van der Waals surface area contributed by atoms with Gasteiger partial charge in [-0.1, -0.05) is 0 Å². The van der Waals surface area contributed by atoms with Gasteiger partial charge in [0, 0.05) is 0 Å². The van der Waals surface area contributed by atoms with Gasteiger partial charge in [0.15, 0.2) is 19.5 Å². The number of nitrogens with one attached hydrogen (secondary N) is 1. The number of rotatable bonds is 6. The molecule has 2 aliphatic rings. The van der Waals surface area contributed by atoms with E-state index in [0.717, 1.165) is 0 Å². The van der Waals surface area contributed by atoms with Crippen LogP contribution in [0.4, 0.5) is 0 Å². The summed E-state index contributed by atoms with van der Waals surface area (Å²) >= 11 is 0. The van der Waals surface area contributed by atoms with E-state index in [1.807, 2.05) is 0 Å². The Hall–Kier alpha value is -1.01. The first kappa shape index (κ1) is 24.3. The summed E-state index contributed by atoms with van der Waals surface area (Å²) in [5.41, 5.74) is 0. The number of hydrogen-bond acceptors (Lipinski definition) is 12. The maximum absolute atomic E-state index is 10.6. The highest BCUT2D eigenvalue weighted by molar-refractivity contribution is 5.65. The van der Waals surface area contributed by atoms with Crippen LogP contribution in [-0.2, 0) is 23.6 Å². The van der Waals surface area contributed by atoms with E-state index in [4.69, 9.17) is 19.5 Å². The second-order valence-electron chi connectivity index (χ2n) is 6.94. The molecule has 2 heterocycles. The zero-order valence-electron chi connectivity index (χ0n) is 15.8. The average molecular weight is 431 g/mol. The molecule has 0 amide bonds. The number of hydrogen-bond donors (Lipinski definition) is 9. The zero-order chi connectivity index (χ0) is 21.9. The number of aliphatic hydroxyl groups is 6. The van der Waals surface area contributed by atoms with Crippen molar-refractivity contribution in [2.75, 3.05) is 20.3 Å². The first-order valence-corrected chi connectivity index (χ1v) is 8.81. The van der Waals surface area contributed by atoms with Crippen molar-refractivity contribution in [2.45, 2.75) is 68.3 Å². The summed E-state index contributed by atoms with van der Waals surface area (Å²) in [6.45, 7) is 0.299. The molecule has 2 fully saturated rings. The van der Waals surface area contributed by atoms with Gasteiger partial charge in [0.05, 0.1) is 13.5 Å². The van der Waals surface area contributed by atoms with Gasteiger partial charge in [0.25, 0.3) is 0 Å². The van der Waals surface area contributed by atoms with Crippen molar-refractivity contribution >= 4 is 5.90 Å². The molecule has 2 rings (SSSR count). The van der Waals surface area contributed by atoms with Crippen molar-refractivity contribution in [2.24, 2.45) is 0 Å². The molecule has 2 aliphatic heterocycles. The molecule has 0 aromatic carbocycles. The maximum Gasteiger partial charge on any atom is 0.365 e. The minimum Gasteiger partial charge on any atom is -0.394 e. The first-order chi connectivity index (χ1) is 13.6. The molecule has 0 bridgehead atoms. The fourth-order valence-electron chi connectivity index (χ4n) is 3.23. The molecule has 0 spiro atoms. The van der Waals surface area contributed by atoms with Crippen LogP contribution in [0.25, 0.3) is 0 Å². The molecule has 14 heteroatoms. The highest BCUT2D eigenvalue weighted by Gasteiger charge is 2.53. The Morgan fingerprint density at radius 2 is 1.66 bits per heavy atom. The van der Waals surface area contributed by atoms with Gasteiger partial charge in [-0.25, -0.2) is 9.51 Å². The van der Waals surface area contributed by atoms with Crippen LogP contribution in [-0.4, -0.2) is 129 Å². The van der Waals surface area contributed by atoms with E-state index in [1.165, 1.54) is 18.6 Å². The second kappa shape index (κ2) is 10.3. The molecule has 170 valence electrons. The third kappa shape index (κ3) is 5.57. The van der Waals surface area contributed by atoms with Gasteiger partial charge in [-0.3, -0.25) is 4.89 Å². The summed E-state index contributed by atoms with van der Waals surface area (Å²) in [4.78, 5) is 6.43. The molecule has 2 saturated heterocycles. The van der Waals surface area contributed by atoms with Gasteiger partial charge in [0.1, 0.15) is 36.6 Å². The Morgan fingerprint density at radius 1 is 1.00 bits per heavy atom. The van der Waals surface area contributed by atoms with Crippen LogP contribution in [0.2, 0.25) is 0 Å². The molecule has 29 heavy (non-hydrogen) atoms. The van der Waals surface area contributed by atoms with E-state index in [-0.39, 0.29) is 12.5 Å². The molecule has 0 saturated carbocycles. The van der Waals surface area contributed by atoms with E-state index >= 15 is 0 Å². The highest BCUT2D eigenvalue weighted by Crippen LogP contribution is 2.28. The van der Waals surface area contributed by atoms with Crippen LogP contribution in [0.5, 0.6) is 0 Å². The predicted molar refractivity (Wildman–Crippen MR) is 89.2 cm³/mol. The fraction of sp³-hybridized carbons (Fsp3) is 0.933. The lowest BCUT2D eigenvalue weighted by molar-refractivity contribution is -0.574. The van der Waals surface area contributed by atoms with Crippen LogP contribution in [0, 0.1) is 0 Å². The van der Waals surface area contributed by atoms with Crippen LogP contribution in [0.15, 0.2) is 0 Å². The Labute approximate surface area is 165 Å². The van der Waals surface area contributed by atoms with E-state index in [1.54, 1.807) is 0 Å². The number of aliphatic hydroxyl groups excluding tert-OH is 6. The van der Waals surface area contributed by atoms with Gasteiger partial charge in [-0.15, -0.1) is 5.26 Å². The third-order valence-electron chi connectivity index (χ3n) is 4.74. The van der Waals surface area contributed by atoms with Crippen molar-refractivity contribution in [3.8, 4) is 0 Å². The van der Waals surface area contributed by atoms with Gasteiger partial charge >= 0.3 is 5.90 Å². The van der Waals surface area contributed by atoms with Crippen molar-refractivity contribution in [3.05, 3.63) is 0 Å². The maximum atomic E-state index is 10.6. The van der Waals surface area contributed by atoms with Gasteiger partial charge in [-0.2, -0.15) is 5.26 Å². The van der Waals surface area contributed by atoms with Gasteiger partial charge in [-0.05, 0) is 0 Å². The van der Waals surface area contributed by atoms with Crippen molar-refractivity contribution < 1.29 is 69.8 Å². The third-order valence-corrected chi connectivity index (χ3v) is 4.74. The van der Waals surface area contributed by atoms with Crippen LogP contribution < -0.4 is 4.99 Å². The summed E-state index contributed by atoms with van der Waals surface area (Å²) in [7, 11) is 1.20. The van der Waals surface area contributed by atoms with Gasteiger partial charge in [0.2, 0.25) is 18.9 Å². The van der Waals surface area contributed by atoms with E-state index in [2.05, 4.69) is 9.88 Å². The summed E-state index contributed by atoms with van der Waals surface area (Å²) in [5, 5.41) is 78.3. The number of ether oxygens (including phenoxy) is 3. The summed E-state index contributed by atoms with van der Waals surface area (Å²) in [6.07, 6.45) is -13.6. The van der Waals surface area contributed by atoms with E-state index in [9.17, 15) is 35.9 Å². The monoisotopic (exact) mass is 431 g/mol. The molecule has 0 unspecified atom stereocenters. The largest absolute Gasteiger partial charge is 0.394 e. The molecule has 9 N–H and O–H groups in total. The zero-order valence-corrected chi connectivity index (χ0v) is 15.8. The quantitative estimate of drug-likeness (QED) is 0.0632. The summed E-state index contributed by atoms with van der Waals surface area (Å²) < 4.78 is 17.6. The Balaban J connectivity index is 2.21. The minimum absolute atomic E-state index is 0.173. The Kier molecular flexibility index (Phi) is 8.65. The van der Waals surface area contributed by atoms with Gasteiger partial charge < -0.3 is 44.8 Å². The molecule has 0 aliphatic carbocycles. The molecular weight excluding hydrogens is 402 g/mol. The fourth-order valence-corrected chi connectivity index (χ4v) is 3.23. The van der Waals surface area contributed by atoms with E-state index < -0.39 is 68.0 Å². The molecule has 10 atom stereocenters. The van der Waals surface area contributed by atoms with Crippen molar-refractivity contribution in [1.82, 2.24) is 0 Å².